The summed E-state index contributed by atoms with van der Waals surface area (Å²) >= 11 is 0. The van der Waals surface area contributed by atoms with Crippen LogP contribution in [0.2, 0.25) is 0 Å². The van der Waals surface area contributed by atoms with Gasteiger partial charge < -0.3 is 14.2 Å². The number of nitrogens with zero attached hydrogens (tertiary/aromatic N) is 1. The van der Waals surface area contributed by atoms with E-state index in [2.05, 4.69) is 6.07 Å². The van der Waals surface area contributed by atoms with E-state index in [1.807, 2.05) is 13.8 Å². The van der Waals surface area contributed by atoms with Gasteiger partial charge in [0.25, 0.3) is 0 Å². The Morgan fingerprint density at radius 3 is 2.79 bits per heavy atom. The van der Waals surface area contributed by atoms with Gasteiger partial charge in [-0.1, -0.05) is 0 Å². The smallest absolute Gasteiger partial charge is 0.159 e. The second-order valence-electron chi connectivity index (χ2n) is 6.22. The number of carbonyl (C=O) groups is 1. The molecule has 2 aliphatic rings. The summed E-state index contributed by atoms with van der Waals surface area (Å²) in [7, 11) is 1.62. The summed E-state index contributed by atoms with van der Waals surface area (Å²) in [4.78, 5) is 11.5. The van der Waals surface area contributed by atoms with Crippen molar-refractivity contribution in [1.82, 2.24) is 0 Å². The van der Waals surface area contributed by atoms with Crippen LogP contribution in [-0.2, 0) is 14.3 Å². The van der Waals surface area contributed by atoms with E-state index in [1.165, 1.54) is 6.08 Å². The molecule has 1 atom stereocenters. The minimum Gasteiger partial charge on any atom is -0.480 e. The zero-order valence-corrected chi connectivity index (χ0v) is 14.0. The standard InChI is InChI=1S/C19H19NO4/c1-12-18(23-15-6-5-14(21)9-15)16-8-13(10-20)4-7-17(16)24-19(12,2)11-22-3/h4,7-9H,5-6,11H2,1-3H3. The lowest BCUT2D eigenvalue weighted by Crippen LogP contribution is -2.41. The van der Waals surface area contributed by atoms with Crippen LogP contribution in [0.4, 0.5) is 0 Å². The first-order valence-corrected chi connectivity index (χ1v) is 7.82. The molecule has 1 aliphatic heterocycles. The summed E-state index contributed by atoms with van der Waals surface area (Å²) in [5.74, 6) is 1.98. The second-order valence-corrected chi connectivity index (χ2v) is 6.22. The van der Waals surface area contributed by atoms with Crippen LogP contribution >= 0.6 is 0 Å². The highest BCUT2D eigenvalue weighted by atomic mass is 16.5. The third kappa shape index (κ3) is 2.81. The first-order chi connectivity index (χ1) is 11.5. The highest BCUT2D eigenvalue weighted by Crippen LogP contribution is 2.43. The molecule has 1 unspecified atom stereocenters. The van der Waals surface area contributed by atoms with Gasteiger partial charge in [-0.15, -0.1) is 0 Å². The fraction of sp³-hybridized carbons (Fsp3) is 0.368. The van der Waals surface area contributed by atoms with E-state index < -0.39 is 5.60 Å². The minimum absolute atomic E-state index is 0.0703. The van der Waals surface area contributed by atoms with Crippen LogP contribution in [-0.4, -0.2) is 25.1 Å². The number of methoxy groups -OCH3 is 1. The normalized spacial score (nSPS) is 22.6. The lowest BCUT2D eigenvalue weighted by atomic mass is 9.90. The number of allylic oxidation sites excluding steroid dienone is 2. The number of ether oxygens (including phenoxy) is 3. The molecule has 0 N–H and O–H groups in total. The number of benzene rings is 1. The van der Waals surface area contributed by atoms with Crippen LogP contribution in [0.25, 0.3) is 5.76 Å². The molecule has 1 aliphatic carbocycles. The van der Waals surface area contributed by atoms with Gasteiger partial charge in [0.2, 0.25) is 0 Å². The Kier molecular flexibility index (Phi) is 4.16. The SMILES string of the molecule is COCC1(C)Oc2ccc(C#N)cc2C(OC2=CC(=O)CC2)=C1C. The van der Waals surface area contributed by atoms with Gasteiger partial charge in [0.05, 0.1) is 23.8 Å². The largest absolute Gasteiger partial charge is 0.480 e. The van der Waals surface area contributed by atoms with Crippen LogP contribution in [0.5, 0.6) is 5.75 Å². The Morgan fingerprint density at radius 2 is 2.17 bits per heavy atom. The minimum atomic E-state index is -0.672. The van der Waals surface area contributed by atoms with Gasteiger partial charge in [-0.05, 0) is 32.0 Å². The Bertz CT molecular complexity index is 800. The predicted octanol–water partition coefficient (Wildman–Crippen LogP) is 3.35. The second kappa shape index (κ2) is 6.14. The van der Waals surface area contributed by atoms with E-state index in [4.69, 9.17) is 14.2 Å². The molecule has 0 bridgehead atoms. The fourth-order valence-corrected chi connectivity index (χ4v) is 2.95. The molecule has 1 aromatic rings. The van der Waals surface area contributed by atoms with Crippen LogP contribution in [0.1, 0.15) is 37.8 Å². The van der Waals surface area contributed by atoms with Gasteiger partial charge in [0.1, 0.15) is 17.3 Å². The molecule has 0 spiro atoms. The van der Waals surface area contributed by atoms with E-state index in [0.717, 1.165) is 11.1 Å². The maximum Gasteiger partial charge on any atom is 0.159 e. The molecule has 0 saturated heterocycles. The van der Waals surface area contributed by atoms with E-state index in [1.54, 1.807) is 25.3 Å². The third-order valence-electron chi connectivity index (χ3n) is 4.42. The molecule has 24 heavy (non-hydrogen) atoms. The molecular weight excluding hydrogens is 306 g/mol. The predicted molar refractivity (Wildman–Crippen MR) is 88.1 cm³/mol. The van der Waals surface area contributed by atoms with Crippen molar-refractivity contribution < 1.29 is 19.0 Å². The van der Waals surface area contributed by atoms with E-state index in [-0.39, 0.29) is 5.78 Å². The summed E-state index contributed by atoms with van der Waals surface area (Å²) in [6.07, 6.45) is 2.60. The van der Waals surface area contributed by atoms with Crippen LogP contribution < -0.4 is 4.74 Å². The zero-order chi connectivity index (χ0) is 17.3. The lowest BCUT2D eigenvalue weighted by molar-refractivity contribution is -0.114. The Labute approximate surface area is 141 Å². The van der Waals surface area contributed by atoms with Crippen LogP contribution in [0.3, 0.4) is 0 Å². The molecule has 1 aromatic carbocycles. The maximum atomic E-state index is 11.5. The molecule has 5 nitrogen and oxygen atoms in total. The van der Waals surface area contributed by atoms with Crippen LogP contribution in [0, 0.1) is 11.3 Å². The summed E-state index contributed by atoms with van der Waals surface area (Å²) < 4.78 is 17.5. The van der Waals surface area contributed by atoms with Crippen molar-refractivity contribution in [2.24, 2.45) is 0 Å². The van der Waals surface area contributed by atoms with Crippen molar-refractivity contribution in [3.05, 3.63) is 46.7 Å². The van der Waals surface area contributed by atoms with Crippen molar-refractivity contribution in [3.63, 3.8) is 0 Å². The van der Waals surface area contributed by atoms with Gasteiger partial charge in [0, 0.05) is 31.6 Å². The topological polar surface area (TPSA) is 68.6 Å². The van der Waals surface area contributed by atoms with Crippen molar-refractivity contribution in [2.75, 3.05) is 13.7 Å². The number of carbonyl (C=O) groups excluding carboxylic acids is 1. The molecule has 0 fully saturated rings. The number of ketones is 1. The quantitative estimate of drug-likeness (QED) is 0.849. The van der Waals surface area contributed by atoms with E-state index >= 15 is 0 Å². The zero-order valence-electron chi connectivity index (χ0n) is 14.0. The first-order valence-electron chi connectivity index (χ1n) is 7.82. The molecule has 0 saturated carbocycles. The van der Waals surface area contributed by atoms with Crippen molar-refractivity contribution in [2.45, 2.75) is 32.3 Å². The van der Waals surface area contributed by atoms with Gasteiger partial charge >= 0.3 is 0 Å². The van der Waals surface area contributed by atoms with Crippen molar-refractivity contribution in [3.8, 4) is 11.8 Å². The van der Waals surface area contributed by atoms with Gasteiger partial charge in [-0.2, -0.15) is 5.26 Å². The molecule has 0 amide bonds. The highest BCUT2D eigenvalue weighted by molar-refractivity contribution is 5.92. The average molecular weight is 325 g/mol. The number of hydrogen-bond acceptors (Lipinski definition) is 5. The summed E-state index contributed by atoms with van der Waals surface area (Å²) in [5.41, 5.74) is 1.44. The Hall–Kier alpha value is -2.58. The summed E-state index contributed by atoms with van der Waals surface area (Å²) in [5, 5.41) is 9.17. The Balaban J connectivity index is 2.10. The highest BCUT2D eigenvalue weighted by Gasteiger charge is 2.38. The molecule has 3 rings (SSSR count). The van der Waals surface area contributed by atoms with Crippen LogP contribution in [0.15, 0.2) is 35.6 Å². The summed E-state index contributed by atoms with van der Waals surface area (Å²) in [6.45, 7) is 4.22. The van der Waals surface area contributed by atoms with E-state index in [0.29, 0.717) is 42.3 Å². The van der Waals surface area contributed by atoms with E-state index in [9.17, 15) is 10.1 Å². The average Bonchev–Trinajstić information content (AvgIpc) is 2.97. The molecule has 1 heterocycles. The maximum absolute atomic E-state index is 11.5. The molecule has 0 radical (unpaired) electrons. The molecule has 124 valence electrons. The third-order valence-corrected chi connectivity index (χ3v) is 4.42. The Morgan fingerprint density at radius 1 is 1.38 bits per heavy atom. The number of nitriles is 1. The number of rotatable bonds is 4. The number of hydrogen-bond donors (Lipinski definition) is 0. The first kappa shape index (κ1) is 16.3. The number of fused-ring (bicyclic) bond motifs is 1. The van der Waals surface area contributed by atoms with Gasteiger partial charge in [-0.3, -0.25) is 4.79 Å². The molecule has 0 aromatic heterocycles. The van der Waals surface area contributed by atoms with Gasteiger partial charge in [0.15, 0.2) is 11.4 Å². The van der Waals surface area contributed by atoms with Crippen molar-refractivity contribution in [1.29, 1.82) is 5.26 Å². The fourth-order valence-electron chi connectivity index (χ4n) is 2.95. The monoisotopic (exact) mass is 325 g/mol. The molecular formula is C19H19NO4. The molecule has 5 heteroatoms. The van der Waals surface area contributed by atoms with Gasteiger partial charge in [-0.25, -0.2) is 0 Å². The van der Waals surface area contributed by atoms with Crippen molar-refractivity contribution >= 4 is 11.5 Å². The lowest BCUT2D eigenvalue weighted by Gasteiger charge is -2.37. The summed E-state index contributed by atoms with van der Waals surface area (Å²) in [6, 6.07) is 7.36.